The van der Waals surface area contributed by atoms with Crippen molar-refractivity contribution in [2.45, 2.75) is 31.7 Å². The van der Waals surface area contributed by atoms with Crippen LogP contribution in [0.3, 0.4) is 0 Å². The van der Waals surface area contributed by atoms with Crippen LogP contribution >= 0.6 is 23.8 Å². The van der Waals surface area contributed by atoms with Gasteiger partial charge in [-0.25, -0.2) is 4.39 Å². The summed E-state index contributed by atoms with van der Waals surface area (Å²) in [5.41, 5.74) is 0.628. The van der Waals surface area contributed by atoms with Crippen molar-refractivity contribution in [1.29, 1.82) is 0 Å². The molecule has 0 radical (unpaired) electrons. The van der Waals surface area contributed by atoms with Crippen LogP contribution in [0.4, 0.5) is 10.1 Å². The first kappa shape index (κ1) is 12.6. The Labute approximate surface area is 111 Å². The molecular formula is C12H14ClFN2S. The van der Waals surface area contributed by atoms with Gasteiger partial charge in [0.05, 0.1) is 10.7 Å². The third-order valence-corrected chi connectivity index (χ3v) is 3.40. The van der Waals surface area contributed by atoms with Gasteiger partial charge in [-0.05, 0) is 43.3 Å². The molecular weight excluding hydrogens is 259 g/mol. The lowest BCUT2D eigenvalue weighted by Crippen LogP contribution is -2.35. The summed E-state index contributed by atoms with van der Waals surface area (Å²) in [5, 5.41) is 7.10. The third-order valence-electron chi connectivity index (χ3n) is 2.87. The van der Waals surface area contributed by atoms with Gasteiger partial charge in [-0.2, -0.15) is 0 Å². The average Bonchev–Trinajstić information content (AvgIpc) is 2.75. The number of thiocarbonyl (C=S) groups is 1. The fourth-order valence-corrected chi connectivity index (χ4v) is 2.50. The normalized spacial score (nSPS) is 15.9. The molecule has 92 valence electrons. The first-order chi connectivity index (χ1) is 8.15. The maximum atomic E-state index is 12.9. The van der Waals surface area contributed by atoms with Crippen LogP contribution in [0.15, 0.2) is 18.2 Å². The van der Waals surface area contributed by atoms with Crippen LogP contribution in [0.2, 0.25) is 5.02 Å². The molecule has 0 atom stereocenters. The Morgan fingerprint density at radius 3 is 2.71 bits per heavy atom. The van der Waals surface area contributed by atoms with Crippen LogP contribution in [-0.4, -0.2) is 11.2 Å². The van der Waals surface area contributed by atoms with Crippen LogP contribution in [0.1, 0.15) is 25.7 Å². The van der Waals surface area contributed by atoms with Crippen LogP contribution in [0.25, 0.3) is 0 Å². The van der Waals surface area contributed by atoms with Gasteiger partial charge >= 0.3 is 0 Å². The molecule has 2 N–H and O–H groups in total. The van der Waals surface area contributed by atoms with Crippen LogP contribution < -0.4 is 10.6 Å². The van der Waals surface area contributed by atoms with E-state index in [0.29, 0.717) is 21.9 Å². The van der Waals surface area contributed by atoms with Gasteiger partial charge in [-0.3, -0.25) is 0 Å². The number of anilines is 1. The first-order valence-corrected chi connectivity index (χ1v) is 6.46. The minimum Gasteiger partial charge on any atom is -0.360 e. The molecule has 1 fully saturated rings. The Hall–Kier alpha value is -0.870. The third kappa shape index (κ3) is 3.54. The molecule has 0 aromatic heterocycles. The van der Waals surface area contributed by atoms with E-state index in [1.54, 1.807) is 6.07 Å². The minimum absolute atomic E-state index is 0.334. The summed E-state index contributed by atoms with van der Waals surface area (Å²) in [6.45, 7) is 0. The van der Waals surface area contributed by atoms with E-state index in [2.05, 4.69) is 10.6 Å². The Morgan fingerprint density at radius 2 is 2.06 bits per heavy atom. The summed E-state index contributed by atoms with van der Waals surface area (Å²) >= 11 is 11.1. The number of halogens is 2. The summed E-state index contributed by atoms with van der Waals surface area (Å²) in [7, 11) is 0. The van der Waals surface area contributed by atoms with Crippen molar-refractivity contribution in [2.24, 2.45) is 0 Å². The molecule has 17 heavy (non-hydrogen) atoms. The number of benzene rings is 1. The Balaban J connectivity index is 1.93. The van der Waals surface area contributed by atoms with Crippen molar-refractivity contribution in [3.63, 3.8) is 0 Å². The van der Waals surface area contributed by atoms with E-state index >= 15 is 0 Å². The average molecular weight is 273 g/mol. The fraction of sp³-hybridized carbons (Fsp3) is 0.417. The largest absolute Gasteiger partial charge is 0.360 e. The lowest BCUT2D eigenvalue weighted by Gasteiger charge is -2.16. The second-order valence-corrected chi connectivity index (χ2v) is 5.02. The topological polar surface area (TPSA) is 24.1 Å². The molecule has 0 bridgehead atoms. The first-order valence-electron chi connectivity index (χ1n) is 5.68. The Bertz CT molecular complexity index is 419. The van der Waals surface area contributed by atoms with E-state index in [1.165, 1.54) is 25.0 Å². The predicted octanol–water partition coefficient (Wildman–Crippen LogP) is 3.71. The van der Waals surface area contributed by atoms with E-state index in [-0.39, 0.29) is 5.82 Å². The van der Waals surface area contributed by atoms with Gasteiger partial charge in [0.1, 0.15) is 5.82 Å². The number of rotatable bonds is 2. The molecule has 1 saturated carbocycles. The van der Waals surface area contributed by atoms with Gasteiger partial charge in [-0.1, -0.05) is 24.4 Å². The molecule has 0 heterocycles. The second-order valence-electron chi connectivity index (χ2n) is 4.20. The summed E-state index contributed by atoms with van der Waals surface area (Å²) in [5.74, 6) is -0.352. The van der Waals surface area contributed by atoms with Crippen LogP contribution in [0, 0.1) is 5.82 Å². The maximum absolute atomic E-state index is 12.9. The summed E-state index contributed by atoms with van der Waals surface area (Å²) in [6.07, 6.45) is 4.80. The Kier molecular flexibility index (Phi) is 4.18. The van der Waals surface area contributed by atoms with E-state index in [9.17, 15) is 4.39 Å². The molecule has 0 unspecified atom stereocenters. The highest BCUT2D eigenvalue weighted by atomic mass is 35.5. The summed E-state index contributed by atoms with van der Waals surface area (Å²) in [6, 6.07) is 4.66. The molecule has 2 rings (SSSR count). The van der Waals surface area contributed by atoms with Crippen LogP contribution in [-0.2, 0) is 0 Å². The predicted molar refractivity (Wildman–Crippen MR) is 73.0 cm³/mol. The maximum Gasteiger partial charge on any atom is 0.171 e. The quantitative estimate of drug-likeness (QED) is 0.803. The van der Waals surface area contributed by atoms with Crippen molar-refractivity contribution < 1.29 is 4.39 Å². The SMILES string of the molecule is Fc1ccc(NC(=S)NC2CCCC2)c(Cl)c1. The molecule has 5 heteroatoms. The van der Waals surface area contributed by atoms with Gasteiger partial charge in [0, 0.05) is 6.04 Å². The van der Waals surface area contributed by atoms with Crippen molar-refractivity contribution in [1.82, 2.24) is 5.32 Å². The molecule has 0 saturated heterocycles. The smallest absolute Gasteiger partial charge is 0.171 e. The number of hydrogen-bond acceptors (Lipinski definition) is 1. The van der Waals surface area contributed by atoms with Gasteiger partial charge in [0.2, 0.25) is 0 Å². The molecule has 2 nitrogen and oxygen atoms in total. The molecule has 1 aliphatic carbocycles. The van der Waals surface area contributed by atoms with Gasteiger partial charge in [0.25, 0.3) is 0 Å². The zero-order valence-corrected chi connectivity index (χ0v) is 10.9. The monoisotopic (exact) mass is 272 g/mol. The number of nitrogens with one attached hydrogen (secondary N) is 2. The Morgan fingerprint density at radius 1 is 1.35 bits per heavy atom. The zero-order valence-electron chi connectivity index (χ0n) is 9.30. The highest BCUT2D eigenvalue weighted by Crippen LogP contribution is 2.23. The van der Waals surface area contributed by atoms with Gasteiger partial charge in [0.15, 0.2) is 5.11 Å². The van der Waals surface area contributed by atoms with Crippen molar-refractivity contribution >= 4 is 34.6 Å². The van der Waals surface area contributed by atoms with E-state index in [4.69, 9.17) is 23.8 Å². The fourth-order valence-electron chi connectivity index (χ4n) is 2.00. The van der Waals surface area contributed by atoms with E-state index < -0.39 is 0 Å². The number of hydrogen-bond donors (Lipinski definition) is 2. The molecule has 0 amide bonds. The van der Waals surface area contributed by atoms with Crippen molar-refractivity contribution in [3.05, 3.63) is 29.0 Å². The highest BCUT2D eigenvalue weighted by molar-refractivity contribution is 7.80. The second kappa shape index (κ2) is 5.65. The summed E-state index contributed by atoms with van der Waals surface area (Å²) < 4.78 is 12.9. The van der Waals surface area contributed by atoms with E-state index in [1.807, 2.05) is 0 Å². The summed E-state index contributed by atoms with van der Waals surface area (Å²) in [4.78, 5) is 0. The zero-order chi connectivity index (χ0) is 12.3. The standard InChI is InChI=1S/C12H14ClFN2S/c13-10-7-8(14)5-6-11(10)16-12(17)15-9-3-1-2-4-9/h5-7,9H,1-4H2,(H2,15,16,17). The van der Waals surface area contributed by atoms with Crippen LogP contribution in [0.5, 0.6) is 0 Å². The molecule has 1 aliphatic rings. The van der Waals surface area contributed by atoms with E-state index in [0.717, 1.165) is 12.8 Å². The lowest BCUT2D eigenvalue weighted by molar-refractivity contribution is 0.628. The molecule has 0 spiro atoms. The molecule has 1 aromatic rings. The lowest BCUT2D eigenvalue weighted by atomic mass is 10.2. The van der Waals surface area contributed by atoms with Crippen molar-refractivity contribution in [2.75, 3.05) is 5.32 Å². The highest BCUT2D eigenvalue weighted by Gasteiger charge is 2.15. The minimum atomic E-state index is -0.352. The molecule has 0 aliphatic heterocycles. The van der Waals surface area contributed by atoms with Gasteiger partial charge < -0.3 is 10.6 Å². The van der Waals surface area contributed by atoms with Gasteiger partial charge in [-0.15, -0.1) is 0 Å². The molecule has 1 aromatic carbocycles. The van der Waals surface area contributed by atoms with Crippen molar-refractivity contribution in [3.8, 4) is 0 Å².